The first kappa shape index (κ1) is 13.9. The fraction of sp³-hybridized carbons (Fsp3) is 0.643. The summed E-state index contributed by atoms with van der Waals surface area (Å²) in [5, 5.41) is 13.0. The first-order chi connectivity index (χ1) is 8.89. The van der Waals surface area contributed by atoms with Gasteiger partial charge in [-0.25, -0.2) is 9.97 Å². The summed E-state index contributed by atoms with van der Waals surface area (Å²) >= 11 is 0. The lowest BCUT2D eigenvalue weighted by Gasteiger charge is -2.37. The Hall–Kier alpha value is -1.49. The van der Waals surface area contributed by atoms with Crippen molar-refractivity contribution in [1.29, 1.82) is 0 Å². The Morgan fingerprint density at radius 1 is 1.47 bits per heavy atom. The minimum absolute atomic E-state index is 0.0846. The molecule has 1 aromatic rings. The highest BCUT2D eigenvalue weighted by Crippen LogP contribution is 2.36. The normalized spacial score (nSPS) is 18.5. The van der Waals surface area contributed by atoms with E-state index in [0.717, 1.165) is 30.7 Å². The molecule has 5 nitrogen and oxygen atoms in total. The molecule has 0 spiro atoms. The van der Waals surface area contributed by atoms with Crippen LogP contribution >= 0.6 is 0 Å². The number of amides is 1. The fourth-order valence-corrected chi connectivity index (χ4v) is 2.39. The number of rotatable bonds is 4. The third-order valence-corrected chi connectivity index (χ3v) is 3.81. The lowest BCUT2D eigenvalue weighted by Crippen LogP contribution is -2.51. The van der Waals surface area contributed by atoms with Gasteiger partial charge in [0.15, 0.2) is 0 Å². The van der Waals surface area contributed by atoms with Gasteiger partial charge in [-0.2, -0.15) is 0 Å². The maximum atomic E-state index is 12.0. The van der Waals surface area contributed by atoms with Crippen molar-refractivity contribution < 1.29 is 9.90 Å². The number of nitrogens with one attached hydrogen (secondary N) is 1. The first-order valence-electron chi connectivity index (χ1n) is 6.71. The van der Waals surface area contributed by atoms with Gasteiger partial charge in [0.2, 0.25) is 0 Å². The molecule has 5 heteroatoms. The molecule has 1 unspecified atom stereocenters. The summed E-state index contributed by atoms with van der Waals surface area (Å²) in [7, 11) is 0. The molecule has 1 atom stereocenters. The Labute approximate surface area is 113 Å². The molecule has 1 aromatic heterocycles. The number of aromatic nitrogens is 2. The van der Waals surface area contributed by atoms with E-state index in [4.69, 9.17) is 0 Å². The molecule has 2 N–H and O–H groups in total. The van der Waals surface area contributed by atoms with Crippen molar-refractivity contribution in [3.63, 3.8) is 0 Å². The highest BCUT2D eigenvalue weighted by molar-refractivity contribution is 5.84. The van der Waals surface area contributed by atoms with E-state index in [9.17, 15) is 9.90 Å². The van der Waals surface area contributed by atoms with Crippen molar-refractivity contribution in [2.45, 2.75) is 52.2 Å². The predicted octanol–water partition coefficient (Wildman–Crippen LogP) is 1.26. The molecule has 19 heavy (non-hydrogen) atoms. The molecule has 1 amide bonds. The van der Waals surface area contributed by atoms with Crippen LogP contribution in [0.1, 0.15) is 43.4 Å². The van der Waals surface area contributed by atoms with E-state index in [0.29, 0.717) is 12.4 Å². The van der Waals surface area contributed by atoms with E-state index in [1.165, 1.54) is 0 Å². The number of carbonyl (C=O) groups excluding carboxylic acids is 1. The fourth-order valence-electron chi connectivity index (χ4n) is 2.39. The van der Waals surface area contributed by atoms with Crippen LogP contribution in [0.4, 0.5) is 0 Å². The van der Waals surface area contributed by atoms with Crippen molar-refractivity contribution >= 4 is 5.91 Å². The Morgan fingerprint density at radius 3 is 2.68 bits per heavy atom. The summed E-state index contributed by atoms with van der Waals surface area (Å²) in [6, 6.07) is 1.84. The molecular formula is C14H21N3O2. The molecule has 0 saturated heterocycles. The van der Waals surface area contributed by atoms with Gasteiger partial charge < -0.3 is 10.4 Å². The molecule has 1 saturated carbocycles. The van der Waals surface area contributed by atoms with Crippen LogP contribution in [0.25, 0.3) is 0 Å². The summed E-state index contributed by atoms with van der Waals surface area (Å²) in [4.78, 5) is 20.5. The van der Waals surface area contributed by atoms with Crippen molar-refractivity contribution in [3.8, 4) is 0 Å². The summed E-state index contributed by atoms with van der Waals surface area (Å²) < 4.78 is 0. The molecule has 1 aliphatic carbocycles. The molecule has 0 radical (unpaired) electrons. The summed E-state index contributed by atoms with van der Waals surface area (Å²) in [5.74, 6) is 0.461. The second-order valence-corrected chi connectivity index (χ2v) is 5.51. The standard InChI is InChI=1S/C14H21N3O2/c1-9-7-12(17-10(2)16-9)8-15-13(18)14(3,19)11-5-4-6-11/h7,11,19H,4-6,8H2,1-3H3,(H,15,18). The average Bonchev–Trinajstić information content (AvgIpc) is 2.21. The zero-order valence-corrected chi connectivity index (χ0v) is 11.7. The van der Waals surface area contributed by atoms with Crippen molar-refractivity contribution in [1.82, 2.24) is 15.3 Å². The van der Waals surface area contributed by atoms with Gasteiger partial charge in [-0.05, 0) is 45.6 Å². The van der Waals surface area contributed by atoms with E-state index < -0.39 is 5.60 Å². The number of nitrogens with zero attached hydrogens (tertiary/aromatic N) is 2. The smallest absolute Gasteiger partial charge is 0.252 e. The highest BCUT2D eigenvalue weighted by Gasteiger charge is 2.42. The summed E-state index contributed by atoms with van der Waals surface area (Å²) in [5.41, 5.74) is 0.375. The third kappa shape index (κ3) is 3.10. The van der Waals surface area contributed by atoms with Crippen LogP contribution < -0.4 is 5.32 Å². The average molecular weight is 263 g/mol. The summed E-state index contributed by atoms with van der Waals surface area (Å²) in [6.07, 6.45) is 2.94. The molecule has 0 aliphatic heterocycles. The quantitative estimate of drug-likeness (QED) is 0.857. The topological polar surface area (TPSA) is 75.1 Å². The Kier molecular flexibility index (Phi) is 3.85. The molecule has 104 valence electrons. The van der Waals surface area contributed by atoms with Gasteiger partial charge >= 0.3 is 0 Å². The van der Waals surface area contributed by atoms with Gasteiger partial charge in [0.25, 0.3) is 5.91 Å². The maximum Gasteiger partial charge on any atom is 0.252 e. The van der Waals surface area contributed by atoms with Crippen LogP contribution in [0, 0.1) is 19.8 Å². The molecule has 0 bridgehead atoms. The van der Waals surface area contributed by atoms with Gasteiger partial charge in [0.05, 0.1) is 12.2 Å². The number of carbonyl (C=O) groups is 1. The van der Waals surface area contributed by atoms with Gasteiger partial charge in [0.1, 0.15) is 11.4 Å². The van der Waals surface area contributed by atoms with E-state index in [2.05, 4.69) is 15.3 Å². The predicted molar refractivity (Wildman–Crippen MR) is 71.3 cm³/mol. The van der Waals surface area contributed by atoms with Crippen molar-refractivity contribution in [2.24, 2.45) is 5.92 Å². The van der Waals surface area contributed by atoms with Gasteiger partial charge in [-0.1, -0.05) is 6.42 Å². The Bertz CT molecular complexity index is 461. The highest BCUT2D eigenvalue weighted by atomic mass is 16.3. The number of aryl methyl sites for hydroxylation is 2. The Morgan fingerprint density at radius 2 is 2.16 bits per heavy atom. The lowest BCUT2D eigenvalue weighted by molar-refractivity contribution is -0.147. The molecule has 1 aliphatic rings. The molecule has 0 aromatic carbocycles. The third-order valence-electron chi connectivity index (χ3n) is 3.81. The monoisotopic (exact) mass is 263 g/mol. The molecule has 1 heterocycles. The van der Waals surface area contributed by atoms with Crippen LogP contribution in [0.3, 0.4) is 0 Å². The van der Waals surface area contributed by atoms with Crippen LogP contribution in [-0.2, 0) is 11.3 Å². The number of hydrogen-bond acceptors (Lipinski definition) is 4. The van der Waals surface area contributed by atoms with Crippen LogP contribution in [-0.4, -0.2) is 26.6 Å². The lowest BCUT2D eigenvalue weighted by atomic mass is 9.73. The van der Waals surface area contributed by atoms with Gasteiger partial charge in [-0.15, -0.1) is 0 Å². The van der Waals surface area contributed by atoms with E-state index in [1.54, 1.807) is 6.92 Å². The molecule has 1 fully saturated rings. The van der Waals surface area contributed by atoms with Crippen molar-refractivity contribution in [2.75, 3.05) is 0 Å². The SMILES string of the molecule is Cc1cc(CNC(=O)C(C)(O)C2CCC2)nc(C)n1. The number of aliphatic hydroxyl groups is 1. The van der Waals surface area contributed by atoms with Gasteiger partial charge in [0, 0.05) is 5.69 Å². The van der Waals surface area contributed by atoms with E-state index >= 15 is 0 Å². The first-order valence-corrected chi connectivity index (χ1v) is 6.71. The Balaban J connectivity index is 1.96. The minimum atomic E-state index is -1.27. The van der Waals surface area contributed by atoms with E-state index in [1.807, 2.05) is 19.9 Å². The van der Waals surface area contributed by atoms with Crippen molar-refractivity contribution in [3.05, 3.63) is 23.3 Å². The van der Waals surface area contributed by atoms with Crippen LogP contribution in [0.2, 0.25) is 0 Å². The van der Waals surface area contributed by atoms with E-state index in [-0.39, 0.29) is 11.8 Å². The zero-order chi connectivity index (χ0) is 14.0. The number of hydrogen-bond donors (Lipinski definition) is 2. The minimum Gasteiger partial charge on any atom is -0.380 e. The van der Waals surface area contributed by atoms with Crippen LogP contribution in [0.15, 0.2) is 6.07 Å². The largest absolute Gasteiger partial charge is 0.380 e. The molecular weight excluding hydrogens is 242 g/mol. The molecule has 2 rings (SSSR count). The maximum absolute atomic E-state index is 12.0. The zero-order valence-electron chi connectivity index (χ0n) is 11.7. The second kappa shape index (κ2) is 5.25. The second-order valence-electron chi connectivity index (χ2n) is 5.51. The summed E-state index contributed by atoms with van der Waals surface area (Å²) in [6.45, 7) is 5.64. The van der Waals surface area contributed by atoms with Crippen LogP contribution in [0.5, 0.6) is 0 Å². The van der Waals surface area contributed by atoms with Gasteiger partial charge in [-0.3, -0.25) is 4.79 Å².